The molecule has 0 radical (unpaired) electrons. The number of methoxy groups -OCH3 is 1. The highest BCUT2D eigenvalue weighted by Gasteiger charge is 2.22. The molecule has 24 heavy (non-hydrogen) atoms. The number of piperidine rings is 1. The summed E-state index contributed by atoms with van der Waals surface area (Å²) in [7, 11) is 5.61. The van der Waals surface area contributed by atoms with Gasteiger partial charge in [-0.05, 0) is 12.8 Å². The summed E-state index contributed by atoms with van der Waals surface area (Å²) in [4.78, 5) is 17.4. The molecule has 1 aliphatic rings. The highest BCUT2D eigenvalue weighted by Crippen LogP contribution is 2.24. The van der Waals surface area contributed by atoms with Crippen LogP contribution in [0.5, 0.6) is 0 Å². The Hall–Kier alpha value is -2.00. The van der Waals surface area contributed by atoms with Crippen LogP contribution in [-0.2, 0) is 11.3 Å². The standard InChI is InChI=1S/C15H23N7OS/c1-21(2)14-8-12(16-10-17-14)18-11-4-6-22(7-5-11)15-19-13(9-23-3)20-24-15/h8,10-11H,4-7,9H2,1-3H3,(H,16,17,18). The highest BCUT2D eigenvalue weighted by atomic mass is 32.1. The largest absolute Gasteiger partial charge is 0.377 e. The number of hydrogen-bond donors (Lipinski definition) is 1. The Morgan fingerprint density at radius 2 is 2.12 bits per heavy atom. The van der Waals surface area contributed by atoms with E-state index in [4.69, 9.17) is 4.74 Å². The van der Waals surface area contributed by atoms with Gasteiger partial charge in [-0.2, -0.15) is 4.37 Å². The molecule has 3 heterocycles. The maximum atomic E-state index is 5.08. The average molecular weight is 349 g/mol. The van der Waals surface area contributed by atoms with Gasteiger partial charge >= 0.3 is 0 Å². The van der Waals surface area contributed by atoms with Gasteiger partial charge in [0.15, 0.2) is 5.82 Å². The van der Waals surface area contributed by atoms with E-state index in [2.05, 4.69) is 29.5 Å². The molecule has 0 aromatic carbocycles. The van der Waals surface area contributed by atoms with Crippen molar-refractivity contribution in [1.29, 1.82) is 0 Å². The SMILES string of the molecule is COCc1nsc(N2CCC(Nc3cc(N(C)C)ncn3)CC2)n1. The summed E-state index contributed by atoms with van der Waals surface area (Å²) in [5, 5.41) is 4.50. The highest BCUT2D eigenvalue weighted by molar-refractivity contribution is 7.09. The summed E-state index contributed by atoms with van der Waals surface area (Å²) < 4.78 is 9.40. The van der Waals surface area contributed by atoms with E-state index in [0.29, 0.717) is 12.6 Å². The average Bonchev–Trinajstić information content (AvgIpc) is 3.05. The van der Waals surface area contributed by atoms with E-state index in [0.717, 1.165) is 48.5 Å². The molecule has 0 unspecified atom stereocenters. The summed E-state index contributed by atoms with van der Waals surface area (Å²) in [5.41, 5.74) is 0. The van der Waals surface area contributed by atoms with Crippen LogP contribution in [0.25, 0.3) is 0 Å². The number of rotatable bonds is 6. The molecule has 0 bridgehead atoms. The zero-order chi connectivity index (χ0) is 16.9. The van der Waals surface area contributed by atoms with Crippen molar-refractivity contribution in [3.8, 4) is 0 Å². The van der Waals surface area contributed by atoms with Gasteiger partial charge in [0.05, 0.1) is 0 Å². The van der Waals surface area contributed by atoms with E-state index in [-0.39, 0.29) is 0 Å². The van der Waals surface area contributed by atoms with Crippen LogP contribution in [0.4, 0.5) is 16.8 Å². The number of nitrogens with zero attached hydrogens (tertiary/aromatic N) is 6. The zero-order valence-corrected chi connectivity index (χ0v) is 15.1. The summed E-state index contributed by atoms with van der Waals surface area (Å²) in [6.45, 7) is 2.40. The molecular weight excluding hydrogens is 326 g/mol. The van der Waals surface area contributed by atoms with Crippen molar-refractivity contribution in [2.24, 2.45) is 0 Å². The first-order valence-corrected chi connectivity index (χ1v) is 8.75. The Bertz CT molecular complexity index is 655. The van der Waals surface area contributed by atoms with E-state index in [9.17, 15) is 0 Å². The Morgan fingerprint density at radius 1 is 1.33 bits per heavy atom. The fourth-order valence-corrected chi connectivity index (χ4v) is 3.38. The lowest BCUT2D eigenvalue weighted by molar-refractivity contribution is 0.179. The van der Waals surface area contributed by atoms with Crippen LogP contribution in [0.2, 0.25) is 0 Å². The lowest BCUT2D eigenvalue weighted by atomic mass is 10.1. The van der Waals surface area contributed by atoms with Gasteiger partial charge in [0.1, 0.15) is 24.6 Å². The zero-order valence-electron chi connectivity index (χ0n) is 14.3. The summed E-state index contributed by atoms with van der Waals surface area (Å²) in [6.07, 6.45) is 3.69. The molecular formula is C15H23N7OS. The van der Waals surface area contributed by atoms with Gasteiger partial charge in [0.25, 0.3) is 0 Å². The first kappa shape index (κ1) is 16.8. The lowest BCUT2D eigenvalue weighted by Gasteiger charge is -2.32. The topological polar surface area (TPSA) is 79.3 Å². The minimum absolute atomic E-state index is 0.414. The minimum Gasteiger partial charge on any atom is -0.377 e. The third kappa shape index (κ3) is 4.09. The van der Waals surface area contributed by atoms with E-state index in [1.807, 2.05) is 25.1 Å². The summed E-state index contributed by atoms with van der Waals surface area (Å²) in [5.74, 6) is 2.55. The van der Waals surface area contributed by atoms with Gasteiger partial charge in [-0.1, -0.05) is 0 Å². The third-order valence-electron chi connectivity index (χ3n) is 3.96. The monoisotopic (exact) mass is 349 g/mol. The van der Waals surface area contributed by atoms with Crippen LogP contribution >= 0.6 is 11.5 Å². The molecule has 0 amide bonds. The van der Waals surface area contributed by atoms with Crippen LogP contribution in [0.15, 0.2) is 12.4 Å². The normalized spacial score (nSPS) is 15.5. The molecule has 1 saturated heterocycles. The maximum absolute atomic E-state index is 5.08. The first-order valence-electron chi connectivity index (χ1n) is 7.98. The van der Waals surface area contributed by atoms with Crippen LogP contribution < -0.4 is 15.1 Å². The number of anilines is 3. The molecule has 1 aliphatic heterocycles. The van der Waals surface area contributed by atoms with Crippen LogP contribution in [-0.4, -0.2) is 59.7 Å². The Labute approximate surface area is 146 Å². The van der Waals surface area contributed by atoms with Gasteiger partial charge in [-0.3, -0.25) is 0 Å². The van der Waals surface area contributed by atoms with Crippen LogP contribution in [0.3, 0.4) is 0 Å². The molecule has 8 nitrogen and oxygen atoms in total. The Balaban J connectivity index is 1.54. The molecule has 0 atom stereocenters. The third-order valence-corrected chi connectivity index (χ3v) is 4.77. The summed E-state index contributed by atoms with van der Waals surface area (Å²) in [6, 6.07) is 2.39. The smallest absolute Gasteiger partial charge is 0.205 e. The minimum atomic E-state index is 0.414. The molecule has 3 rings (SSSR count). The Kier molecular flexibility index (Phi) is 5.41. The molecule has 130 valence electrons. The molecule has 9 heteroatoms. The van der Waals surface area contributed by atoms with E-state index in [1.54, 1.807) is 13.4 Å². The Morgan fingerprint density at radius 3 is 2.83 bits per heavy atom. The van der Waals surface area contributed by atoms with Crippen molar-refractivity contribution in [2.75, 3.05) is 49.4 Å². The fourth-order valence-electron chi connectivity index (χ4n) is 2.66. The quantitative estimate of drug-likeness (QED) is 0.843. The van der Waals surface area contributed by atoms with Gasteiger partial charge in [-0.25, -0.2) is 15.0 Å². The van der Waals surface area contributed by atoms with Crippen molar-refractivity contribution in [1.82, 2.24) is 19.3 Å². The molecule has 1 fully saturated rings. The second-order valence-electron chi connectivity index (χ2n) is 5.99. The fraction of sp³-hybridized carbons (Fsp3) is 0.600. The van der Waals surface area contributed by atoms with Crippen LogP contribution in [0, 0.1) is 0 Å². The first-order chi connectivity index (χ1) is 11.7. The van der Waals surface area contributed by atoms with Gasteiger partial charge in [-0.15, -0.1) is 0 Å². The lowest BCUT2D eigenvalue weighted by Crippen LogP contribution is -2.39. The van der Waals surface area contributed by atoms with E-state index < -0.39 is 0 Å². The predicted molar refractivity (Wildman–Crippen MR) is 95.8 cm³/mol. The van der Waals surface area contributed by atoms with Gasteiger partial charge in [0, 0.05) is 57.9 Å². The molecule has 0 aliphatic carbocycles. The maximum Gasteiger partial charge on any atom is 0.205 e. The van der Waals surface area contributed by atoms with E-state index >= 15 is 0 Å². The number of hydrogen-bond acceptors (Lipinski definition) is 9. The van der Waals surface area contributed by atoms with Crippen molar-refractivity contribution >= 4 is 28.3 Å². The molecule has 0 spiro atoms. The van der Waals surface area contributed by atoms with Gasteiger partial charge < -0.3 is 19.9 Å². The molecule has 1 N–H and O–H groups in total. The van der Waals surface area contributed by atoms with Crippen molar-refractivity contribution < 1.29 is 4.74 Å². The second kappa shape index (κ2) is 7.71. The van der Waals surface area contributed by atoms with Crippen molar-refractivity contribution in [3.05, 3.63) is 18.2 Å². The molecule has 2 aromatic heterocycles. The number of aromatic nitrogens is 4. The van der Waals surface area contributed by atoms with Gasteiger partial charge in [0.2, 0.25) is 5.13 Å². The molecule has 2 aromatic rings. The number of nitrogens with one attached hydrogen (secondary N) is 1. The summed E-state index contributed by atoms with van der Waals surface area (Å²) >= 11 is 1.44. The van der Waals surface area contributed by atoms with Crippen molar-refractivity contribution in [2.45, 2.75) is 25.5 Å². The van der Waals surface area contributed by atoms with E-state index in [1.165, 1.54) is 11.5 Å². The van der Waals surface area contributed by atoms with Crippen molar-refractivity contribution in [3.63, 3.8) is 0 Å². The number of ether oxygens (including phenoxy) is 1. The predicted octanol–water partition coefficient (Wildman–Crippen LogP) is 1.62. The second-order valence-corrected chi connectivity index (χ2v) is 6.72. The van der Waals surface area contributed by atoms with Crippen LogP contribution in [0.1, 0.15) is 18.7 Å². The molecule has 0 saturated carbocycles.